The third-order valence-electron chi connectivity index (χ3n) is 1.73. The third kappa shape index (κ3) is 5.19. The molecule has 2 N–H and O–H groups in total. The maximum absolute atomic E-state index is 5.40. The number of rotatable bonds is 4. The lowest BCUT2D eigenvalue weighted by Crippen LogP contribution is -2.34. The zero-order valence-corrected chi connectivity index (χ0v) is 12.7. The molecule has 0 unspecified atom stereocenters. The van der Waals surface area contributed by atoms with Crippen LogP contribution in [0.3, 0.4) is 0 Å². The molecular formula is C10H21N2PS2. The molecule has 15 heavy (non-hydrogen) atoms. The van der Waals surface area contributed by atoms with Crippen LogP contribution in [0.15, 0.2) is 0 Å². The van der Waals surface area contributed by atoms with Crippen molar-refractivity contribution in [3.8, 4) is 0 Å². The van der Waals surface area contributed by atoms with Crippen molar-refractivity contribution in [1.82, 2.24) is 10.6 Å². The molecule has 0 spiro atoms. The molecule has 0 aliphatic carbocycles. The molecule has 0 aromatic carbocycles. The van der Waals surface area contributed by atoms with Gasteiger partial charge in [-0.1, -0.05) is 45.2 Å². The Morgan fingerprint density at radius 3 is 1.53 bits per heavy atom. The summed E-state index contributed by atoms with van der Waals surface area (Å²) in [5.74, 6) is 0. The second-order valence-electron chi connectivity index (χ2n) is 4.18. The molecule has 0 atom stereocenters. The van der Waals surface area contributed by atoms with Crippen molar-refractivity contribution < 1.29 is 0 Å². The van der Waals surface area contributed by atoms with Gasteiger partial charge in [0.1, 0.15) is 9.46 Å². The van der Waals surface area contributed by atoms with Gasteiger partial charge in [0, 0.05) is 21.0 Å². The van der Waals surface area contributed by atoms with Gasteiger partial charge in [-0.25, -0.2) is 0 Å². The van der Waals surface area contributed by atoms with Crippen LogP contribution in [0.2, 0.25) is 0 Å². The SMILES string of the molecule is CCNC(=S)P(C(=S)NCC)C(C)(C)C. The highest BCUT2D eigenvalue weighted by atomic mass is 32.1. The highest BCUT2D eigenvalue weighted by molar-refractivity contribution is 8.13. The van der Waals surface area contributed by atoms with Gasteiger partial charge in [0.25, 0.3) is 0 Å². The van der Waals surface area contributed by atoms with E-state index in [1.54, 1.807) is 0 Å². The number of nitrogens with one attached hydrogen (secondary N) is 2. The van der Waals surface area contributed by atoms with E-state index in [9.17, 15) is 0 Å². The molecule has 88 valence electrons. The normalized spacial score (nSPS) is 11.3. The first-order chi connectivity index (χ1) is 6.84. The molecule has 0 heterocycles. The van der Waals surface area contributed by atoms with Crippen molar-refractivity contribution in [1.29, 1.82) is 0 Å². The molecule has 0 saturated heterocycles. The van der Waals surface area contributed by atoms with Crippen LogP contribution in [0.4, 0.5) is 0 Å². The van der Waals surface area contributed by atoms with E-state index in [0.29, 0.717) is 0 Å². The largest absolute Gasteiger partial charge is 0.376 e. The molecule has 0 aromatic heterocycles. The Kier molecular flexibility index (Phi) is 6.81. The van der Waals surface area contributed by atoms with E-state index < -0.39 is 7.92 Å². The van der Waals surface area contributed by atoms with Crippen LogP contribution in [0, 0.1) is 0 Å². The van der Waals surface area contributed by atoms with Gasteiger partial charge in [-0.15, -0.1) is 0 Å². The first kappa shape index (κ1) is 15.2. The maximum Gasteiger partial charge on any atom is 0.106 e. The van der Waals surface area contributed by atoms with Crippen molar-refractivity contribution >= 4 is 41.8 Å². The highest BCUT2D eigenvalue weighted by Crippen LogP contribution is 2.50. The first-order valence-electron chi connectivity index (χ1n) is 5.20. The molecule has 0 saturated carbocycles. The first-order valence-corrected chi connectivity index (χ1v) is 7.36. The molecular weight excluding hydrogens is 243 g/mol. The monoisotopic (exact) mass is 264 g/mol. The van der Waals surface area contributed by atoms with E-state index in [4.69, 9.17) is 24.4 Å². The quantitative estimate of drug-likeness (QED) is 0.602. The van der Waals surface area contributed by atoms with Crippen LogP contribution in [-0.4, -0.2) is 27.7 Å². The summed E-state index contributed by atoms with van der Waals surface area (Å²) >= 11 is 10.8. The lowest BCUT2D eigenvalue weighted by molar-refractivity contribution is 0.793. The van der Waals surface area contributed by atoms with Crippen LogP contribution in [0.25, 0.3) is 0 Å². The molecule has 2 nitrogen and oxygen atoms in total. The minimum atomic E-state index is -0.595. The van der Waals surface area contributed by atoms with Crippen LogP contribution in [0.5, 0.6) is 0 Å². The molecule has 0 fully saturated rings. The van der Waals surface area contributed by atoms with E-state index >= 15 is 0 Å². The van der Waals surface area contributed by atoms with Crippen molar-refractivity contribution in [2.24, 2.45) is 0 Å². The molecule has 0 aromatic rings. The standard InChI is InChI=1S/C10H21N2PS2/c1-6-11-8(14)13(10(3,4)5)9(15)12-7-2/h6-7H2,1-5H3,(H,11,14)(H,12,15). The Morgan fingerprint density at radius 1 is 1.00 bits per heavy atom. The summed E-state index contributed by atoms with van der Waals surface area (Å²) in [6, 6.07) is 0. The van der Waals surface area contributed by atoms with Gasteiger partial charge in [0.05, 0.1) is 0 Å². The third-order valence-corrected chi connectivity index (χ3v) is 5.59. The Balaban J connectivity index is 4.74. The van der Waals surface area contributed by atoms with E-state index in [-0.39, 0.29) is 5.16 Å². The summed E-state index contributed by atoms with van der Waals surface area (Å²) < 4.78 is 1.82. The predicted molar refractivity (Wildman–Crippen MR) is 79.2 cm³/mol. The lowest BCUT2D eigenvalue weighted by atomic mass is 10.3. The molecule has 0 aliphatic rings. The number of thiocarbonyl (C=S) groups is 2. The smallest absolute Gasteiger partial charge is 0.106 e. The van der Waals surface area contributed by atoms with Crippen molar-refractivity contribution in [3.05, 3.63) is 0 Å². The molecule has 0 rings (SSSR count). The number of hydrogen-bond acceptors (Lipinski definition) is 2. The van der Waals surface area contributed by atoms with Crippen LogP contribution >= 0.6 is 32.4 Å². The van der Waals surface area contributed by atoms with Crippen LogP contribution in [0.1, 0.15) is 34.6 Å². The Hall–Kier alpha value is 0.210. The van der Waals surface area contributed by atoms with Gasteiger partial charge < -0.3 is 10.6 Å². The lowest BCUT2D eigenvalue weighted by Gasteiger charge is -2.32. The average molecular weight is 264 g/mol. The summed E-state index contributed by atoms with van der Waals surface area (Å²) in [7, 11) is -0.595. The second-order valence-corrected chi connectivity index (χ2v) is 8.51. The van der Waals surface area contributed by atoms with Crippen LogP contribution < -0.4 is 10.6 Å². The van der Waals surface area contributed by atoms with Gasteiger partial charge in [0.15, 0.2) is 0 Å². The van der Waals surface area contributed by atoms with E-state index in [0.717, 1.165) is 22.5 Å². The summed E-state index contributed by atoms with van der Waals surface area (Å²) in [5.41, 5.74) is 0. The highest BCUT2D eigenvalue weighted by Gasteiger charge is 2.31. The predicted octanol–water partition coefficient (Wildman–Crippen LogP) is 3.06. The maximum atomic E-state index is 5.40. The fraction of sp³-hybridized carbons (Fsp3) is 0.800. The van der Waals surface area contributed by atoms with E-state index in [1.165, 1.54) is 0 Å². The van der Waals surface area contributed by atoms with Gasteiger partial charge in [-0.2, -0.15) is 0 Å². The number of hydrogen-bond donors (Lipinski definition) is 2. The van der Waals surface area contributed by atoms with Crippen LogP contribution in [-0.2, 0) is 0 Å². The fourth-order valence-electron chi connectivity index (χ4n) is 1.16. The second kappa shape index (κ2) is 6.72. The Morgan fingerprint density at radius 2 is 1.33 bits per heavy atom. The molecule has 0 bridgehead atoms. The molecule has 0 radical (unpaired) electrons. The summed E-state index contributed by atoms with van der Waals surface area (Å²) in [4.78, 5) is 0. The molecule has 5 heteroatoms. The van der Waals surface area contributed by atoms with E-state index in [1.807, 2.05) is 0 Å². The Labute approximate surface area is 105 Å². The van der Waals surface area contributed by atoms with Gasteiger partial charge in [-0.3, -0.25) is 0 Å². The van der Waals surface area contributed by atoms with Crippen molar-refractivity contribution in [3.63, 3.8) is 0 Å². The van der Waals surface area contributed by atoms with Gasteiger partial charge >= 0.3 is 0 Å². The minimum absolute atomic E-state index is 0.119. The van der Waals surface area contributed by atoms with Gasteiger partial charge in [-0.05, 0) is 19.0 Å². The summed E-state index contributed by atoms with van der Waals surface area (Å²) in [6.45, 7) is 12.4. The minimum Gasteiger partial charge on any atom is -0.376 e. The molecule has 0 aliphatic heterocycles. The van der Waals surface area contributed by atoms with E-state index in [2.05, 4.69) is 45.3 Å². The van der Waals surface area contributed by atoms with Crippen molar-refractivity contribution in [2.45, 2.75) is 39.8 Å². The fourth-order valence-corrected chi connectivity index (χ4v) is 5.85. The van der Waals surface area contributed by atoms with Crippen molar-refractivity contribution in [2.75, 3.05) is 13.1 Å². The Bertz CT molecular complexity index is 218. The zero-order chi connectivity index (χ0) is 12.1. The van der Waals surface area contributed by atoms with Gasteiger partial charge in [0.2, 0.25) is 0 Å². The zero-order valence-electron chi connectivity index (χ0n) is 10.2. The summed E-state index contributed by atoms with van der Waals surface area (Å²) in [5, 5.41) is 6.57. The topological polar surface area (TPSA) is 24.1 Å². The summed E-state index contributed by atoms with van der Waals surface area (Å²) in [6.07, 6.45) is 0. The molecule has 0 amide bonds. The average Bonchev–Trinajstić information content (AvgIpc) is 2.01.